The first-order chi connectivity index (χ1) is 13.4. The Morgan fingerprint density at radius 1 is 1.07 bits per heavy atom. The van der Waals surface area contributed by atoms with Gasteiger partial charge in [0, 0.05) is 11.3 Å². The van der Waals surface area contributed by atoms with Crippen LogP contribution in [0, 0.1) is 0 Å². The third-order valence-electron chi connectivity index (χ3n) is 3.77. The number of aliphatic hydroxyl groups excluding tert-OH is 1. The molecule has 1 atom stereocenters. The van der Waals surface area contributed by atoms with E-state index in [0.29, 0.717) is 11.4 Å². The first-order valence-electron chi connectivity index (χ1n) is 8.32. The van der Waals surface area contributed by atoms with Gasteiger partial charge in [-0.1, -0.05) is 24.8 Å². The molecular weight excluding hydrogens is 364 g/mol. The SMILES string of the molecule is C=Cc1ccc(C(=O)NC(CC(=O)Nc2ccc(OCO)cc2)C(=O)O)cc1. The molecule has 2 aromatic rings. The van der Waals surface area contributed by atoms with Crippen LogP contribution in [0.3, 0.4) is 0 Å². The number of benzene rings is 2. The number of carbonyl (C=O) groups is 3. The Morgan fingerprint density at radius 2 is 1.71 bits per heavy atom. The summed E-state index contributed by atoms with van der Waals surface area (Å²) in [6.45, 7) is 3.15. The normalized spacial score (nSPS) is 11.2. The van der Waals surface area contributed by atoms with Gasteiger partial charge in [-0.3, -0.25) is 9.59 Å². The zero-order valence-corrected chi connectivity index (χ0v) is 14.9. The van der Waals surface area contributed by atoms with Crippen molar-refractivity contribution in [3.8, 4) is 5.75 Å². The molecule has 8 nitrogen and oxygen atoms in total. The number of hydrogen-bond acceptors (Lipinski definition) is 5. The molecule has 0 saturated carbocycles. The number of hydrogen-bond donors (Lipinski definition) is 4. The van der Waals surface area contributed by atoms with Crippen LogP contribution in [0.15, 0.2) is 55.1 Å². The van der Waals surface area contributed by atoms with E-state index in [1.807, 2.05) is 0 Å². The average molecular weight is 384 g/mol. The Morgan fingerprint density at radius 3 is 2.25 bits per heavy atom. The summed E-state index contributed by atoms with van der Waals surface area (Å²) < 4.78 is 4.87. The van der Waals surface area contributed by atoms with E-state index in [-0.39, 0.29) is 5.56 Å². The topological polar surface area (TPSA) is 125 Å². The monoisotopic (exact) mass is 384 g/mol. The molecule has 2 amide bonds. The molecule has 0 bridgehead atoms. The average Bonchev–Trinajstić information content (AvgIpc) is 2.69. The second-order valence-electron chi connectivity index (χ2n) is 5.74. The fourth-order valence-electron chi connectivity index (χ4n) is 2.32. The number of aliphatic carboxylic acids is 1. The van der Waals surface area contributed by atoms with Gasteiger partial charge in [-0.05, 0) is 42.0 Å². The maximum Gasteiger partial charge on any atom is 0.326 e. The maximum absolute atomic E-state index is 12.2. The second kappa shape index (κ2) is 9.89. The molecule has 2 aromatic carbocycles. The number of aliphatic hydroxyl groups is 1. The molecule has 8 heteroatoms. The molecule has 0 aliphatic heterocycles. The van der Waals surface area contributed by atoms with E-state index >= 15 is 0 Å². The van der Waals surface area contributed by atoms with Crippen molar-refractivity contribution in [3.63, 3.8) is 0 Å². The summed E-state index contributed by atoms with van der Waals surface area (Å²) in [4.78, 5) is 35.8. The third kappa shape index (κ3) is 5.96. The number of carboxylic acid groups (broad SMARTS) is 1. The molecule has 146 valence electrons. The Hall–Kier alpha value is -3.65. The summed E-state index contributed by atoms with van der Waals surface area (Å²) in [5, 5.41) is 22.9. The minimum Gasteiger partial charge on any atom is -0.480 e. The number of rotatable bonds is 9. The van der Waals surface area contributed by atoms with Crippen LogP contribution in [0.5, 0.6) is 5.75 Å². The zero-order chi connectivity index (χ0) is 20.5. The Balaban J connectivity index is 1.97. The van der Waals surface area contributed by atoms with Gasteiger partial charge in [-0.15, -0.1) is 0 Å². The minimum absolute atomic E-state index is 0.275. The lowest BCUT2D eigenvalue weighted by Crippen LogP contribution is -2.43. The predicted molar refractivity (Wildman–Crippen MR) is 103 cm³/mol. The molecule has 0 fully saturated rings. The van der Waals surface area contributed by atoms with Crippen molar-refractivity contribution in [3.05, 3.63) is 66.2 Å². The fourth-order valence-corrected chi connectivity index (χ4v) is 2.32. The number of carbonyl (C=O) groups excluding carboxylic acids is 2. The lowest BCUT2D eigenvalue weighted by Gasteiger charge is -2.15. The Bertz CT molecular complexity index is 846. The van der Waals surface area contributed by atoms with Crippen LogP contribution in [0.1, 0.15) is 22.3 Å². The molecule has 0 aliphatic rings. The van der Waals surface area contributed by atoms with Gasteiger partial charge in [0.1, 0.15) is 11.8 Å². The van der Waals surface area contributed by atoms with E-state index < -0.39 is 37.0 Å². The molecule has 28 heavy (non-hydrogen) atoms. The lowest BCUT2D eigenvalue weighted by molar-refractivity contribution is -0.140. The van der Waals surface area contributed by atoms with Crippen LogP contribution in [0.25, 0.3) is 6.08 Å². The van der Waals surface area contributed by atoms with Crippen LogP contribution in [0.2, 0.25) is 0 Å². The van der Waals surface area contributed by atoms with Crippen LogP contribution < -0.4 is 15.4 Å². The summed E-state index contributed by atoms with van der Waals surface area (Å²) >= 11 is 0. The Kier molecular flexibility index (Phi) is 7.29. The van der Waals surface area contributed by atoms with Crippen LogP contribution >= 0.6 is 0 Å². The summed E-state index contributed by atoms with van der Waals surface area (Å²) in [5.74, 6) is -2.08. The lowest BCUT2D eigenvalue weighted by atomic mass is 10.1. The smallest absolute Gasteiger partial charge is 0.326 e. The molecule has 0 heterocycles. The van der Waals surface area contributed by atoms with Crippen LogP contribution in [0.4, 0.5) is 5.69 Å². The number of nitrogens with one attached hydrogen (secondary N) is 2. The molecule has 0 aromatic heterocycles. The van der Waals surface area contributed by atoms with E-state index in [1.165, 1.54) is 12.1 Å². The van der Waals surface area contributed by atoms with Gasteiger partial charge >= 0.3 is 5.97 Å². The van der Waals surface area contributed by atoms with Crippen molar-refractivity contribution in [2.24, 2.45) is 0 Å². The standard InChI is InChI=1S/C20H20N2O6/c1-2-13-3-5-14(6-4-13)19(25)22-17(20(26)27)11-18(24)21-15-7-9-16(10-8-15)28-12-23/h2-10,17,23H,1,11-12H2,(H,21,24)(H,22,25)(H,26,27). The van der Waals surface area contributed by atoms with Gasteiger partial charge in [-0.25, -0.2) is 4.79 Å². The molecule has 0 saturated heterocycles. The molecule has 0 spiro atoms. The third-order valence-corrected chi connectivity index (χ3v) is 3.77. The van der Waals surface area contributed by atoms with Gasteiger partial charge in [0.15, 0.2) is 6.79 Å². The van der Waals surface area contributed by atoms with Crippen molar-refractivity contribution in [2.75, 3.05) is 12.1 Å². The predicted octanol–water partition coefficient (Wildman–Crippen LogP) is 1.87. The summed E-state index contributed by atoms with van der Waals surface area (Å²) in [5.41, 5.74) is 1.52. The highest BCUT2D eigenvalue weighted by Gasteiger charge is 2.24. The Labute approximate surface area is 161 Å². The quantitative estimate of drug-likeness (QED) is 0.489. The number of anilines is 1. The molecule has 4 N–H and O–H groups in total. The van der Waals surface area contributed by atoms with Gasteiger partial charge in [0.25, 0.3) is 5.91 Å². The molecule has 0 aliphatic carbocycles. The summed E-state index contributed by atoms with van der Waals surface area (Å²) in [6.07, 6.45) is 1.18. The zero-order valence-electron chi connectivity index (χ0n) is 14.9. The first-order valence-corrected chi connectivity index (χ1v) is 8.32. The number of carboxylic acids is 1. The summed E-state index contributed by atoms with van der Waals surface area (Å²) in [7, 11) is 0. The maximum atomic E-state index is 12.2. The van der Waals surface area contributed by atoms with E-state index in [2.05, 4.69) is 17.2 Å². The fraction of sp³-hybridized carbons (Fsp3) is 0.150. The molecule has 2 rings (SSSR count). The van der Waals surface area contributed by atoms with E-state index in [9.17, 15) is 19.5 Å². The van der Waals surface area contributed by atoms with Crippen LogP contribution in [-0.4, -0.2) is 40.8 Å². The van der Waals surface area contributed by atoms with Gasteiger partial charge in [0.05, 0.1) is 6.42 Å². The second-order valence-corrected chi connectivity index (χ2v) is 5.74. The van der Waals surface area contributed by atoms with E-state index in [1.54, 1.807) is 42.5 Å². The van der Waals surface area contributed by atoms with Crippen molar-refractivity contribution in [1.82, 2.24) is 5.32 Å². The highest BCUT2D eigenvalue weighted by molar-refractivity contribution is 5.99. The van der Waals surface area contributed by atoms with Crippen molar-refractivity contribution < 1.29 is 29.3 Å². The summed E-state index contributed by atoms with van der Waals surface area (Å²) in [6, 6.07) is 11.2. The number of amides is 2. The molecule has 0 radical (unpaired) electrons. The minimum atomic E-state index is -1.39. The largest absolute Gasteiger partial charge is 0.480 e. The van der Waals surface area contributed by atoms with Gasteiger partial charge in [-0.2, -0.15) is 0 Å². The van der Waals surface area contributed by atoms with Crippen LogP contribution in [-0.2, 0) is 9.59 Å². The molecular formula is C20H20N2O6. The van der Waals surface area contributed by atoms with Crippen molar-refractivity contribution in [2.45, 2.75) is 12.5 Å². The van der Waals surface area contributed by atoms with E-state index in [0.717, 1.165) is 5.56 Å². The highest BCUT2D eigenvalue weighted by atomic mass is 16.6. The number of ether oxygens (including phenoxy) is 1. The molecule has 1 unspecified atom stereocenters. The van der Waals surface area contributed by atoms with E-state index in [4.69, 9.17) is 9.84 Å². The highest BCUT2D eigenvalue weighted by Crippen LogP contribution is 2.16. The van der Waals surface area contributed by atoms with Crippen molar-refractivity contribution >= 4 is 29.5 Å². The van der Waals surface area contributed by atoms with Crippen molar-refractivity contribution in [1.29, 1.82) is 0 Å². The van der Waals surface area contributed by atoms with Gasteiger partial charge in [0.2, 0.25) is 5.91 Å². The van der Waals surface area contributed by atoms with Gasteiger partial charge < -0.3 is 25.6 Å². The first kappa shape index (κ1) is 20.7.